The minimum absolute atomic E-state index is 0.0323. The van der Waals surface area contributed by atoms with Crippen LogP contribution < -0.4 is 9.64 Å². The van der Waals surface area contributed by atoms with Crippen molar-refractivity contribution in [2.45, 2.75) is 19.4 Å². The van der Waals surface area contributed by atoms with Gasteiger partial charge in [-0.05, 0) is 60.3 Å². The molecule has 1 fully saturated rings. The molecule has 1 aliphatic rings. The van der Waals surface area contributed by atoms with Gasteiger partial charge in [-0.2, -0.15) is 0 Å². The number of thiazole rings is 1. The van der Waals surface area contributed by atoms with Gasteiger partial charge in [0.25, 0.3) is 5.78 Å². The van der Waals surface area contributed by atoms with E-state index < -0.39 is 23.7 Å². The number of anilines is 1. The van der Waals surface area contributed by atoms with E-state index in [2.05, 4.69) is 4.98 Å². The molecular formula is C26H20N2O6S2. The van der Waals surface area contributed by atoms with Gasteiger partial charge >= 0.3 is 11.9 Å². The van der Waals surface area contributed by atoms with Gasteiger partial charge in [-0.25, -0.2) is 9.78 Å². The molecule has 1 atom stereocenters. The summed E-state index contributed by atoms with van der Waals surface area (Å²) in [6.07, 6.45) is 0.857. The van der Waals surface area contributed by atoms with Crippen molar-refractivity contribution in [2.75, 3.05) is 11.5 Å². The number of nitrogens with zero attached hydrogens (tertiary/aromatic N) is 2. The van der Waals surface area contributed by atoms with Gasteiger partial charge < -0.3 is 14.9 Å². The Morgan fingerprint density at radius 3 is 2.50 bits per heavy atom. The van der Waals surface area contributed by atoms with E-state index in [1.807, 2.05) is 12.3 Å². The van der Waals surface area contributed by atoms with E-state index in [1.54, 1.807) is 42.5 Å². The number of aromatic carboxylic acids is 1. The number of hydrogen-bond donors (Lipinski definition) is 2. The molecule has 2 aromatic heterocycles. The minimum atomic E-state index is -1.07. The van der Waals surface area contributed by atoms with E-state index in [0.717, 1.165) is 17.8 Å². The number of benzene rings is 2. The van der Waals surface area contributed by atoms with Gasteiger partial charge in [-0.15, -0.1) is 11.3 Å². The van der Waals surface area contributed by atoms with Gasteiger partial charge in [-0.3, -0.25) is 14.5 Å². The zero-order chi connectivity index (χ0) is 25.4. The Morgan fingerprint density at radius 2 is 1.83 bits per heavy atom. The Labute approximate surface area is 213 Å². The van der Waals surface area contributed by atoms with Crippen molar-refractivity contribution in [3.05, 3.63) is 81.6 Å². The molecule has 8 nitrogen and oxygen atoms in total. The van der Waals surface area contributed by atoms with Crippen molar-refractivity contribution in [3.8, 4) is 5.75 Å². The van der Waals surface area contributed by atoms with Crippen molar-refractivity contribution >= 4 is 61.4 Å². The van der Waals surface area contributed by atoms with Crippen molar-refractivity contribution in [3.63, 3.8) is 0 Å². The first-order chi connectivity index (χ1) is 17.4. The maximum atomic E-state index is 13.3. The fourth-order valence-corrected chi connectivity index (χ4v) is 5.83. The summed E-state index contributed by atoms with van der Waals surface area (Å²) in [6, 6.07) is 13.9. The minimum Gasteiger partial charge on any atom is -0.507 e. The average Bonchev–Trinajstić information content (AvgIpc) is 3.61. The number of ether oxygens (including phenoxy) is 1. The maximum absolute atomic E-state index is 13.3. The second-order valence-electron chi connectivity index (χ2n) is 8.04. The van der Waals surface area contributed by atoms with Crippen LogP contribution in [0.5, 0.6) is 5.75 Å². The number of ketones is 1. The summed E-state index contributed by atoms with van der Waals surface area (Å²) in [5.41, 5.74) is 0.958. The number of amides is 1. The van der Waals surface area contributed by atoms with E-state index in [-0.39, 0.29) is 22.0 Å². The number of aliphatic hydroxyl groups excluding tert-OH is 1. The molecule has 2 N–H and O–H groups in total. The third-order valence-electron chi connectivity index (χ3n) is 5.69. The number of rotatable bonds is 7. The topological polar surface area (TPSA) is 117 Å². The lowest BCUT2D eigenvalue weighted by atomic mass is 10.00. The van der Waals surface area contributed by atoms with Gasteiger partial charge in [0.2, 0.25) is 0 Å². The van der Waals surface area contributed by atoms with Crippen LogP contribution in [0.1, 0.15) is 40.2 Å². The van der Waals surface area contributed by atoms with Crippen molar-refractivity contribution in [2.24, 2.45) is 0 Å². The number of thiophene rings is 1. The maximum Gasteiger partial charge on any atom is 0.335 e. The number of hydrogen-bond acceptors (Lipinski definition) is 8. The van der Waals surface area contributed by atoms with E-state index in [9.17, 15) is 24.6 Å². The van der Waals surface area contributed by atoms with Crippen LogP contribution in [0.25, 0.3) is 16.0 Å². The Balaban J connectivity index is 1.61. The zero-order valence-corrected chi connectivity index (χ0v) is 20.6. The summed E-state index contributed by atoms with van der Waals surface area (Å²) in [7, 11) is 0. The molecule has 0 aliphatic carbocycles. The fourth-order valence-electron chi connectivity index (χ4n) is 3.98. The molecule has 0 radical (unpaired) electrons. The predicted molar refractivity (Wildman–Crippen MR) is 138 cm³/mol. The zero-order valence-electron chi connectivity index (χ0n) is 19.0. The van der Waals surface area contributed by atoms with Gasteiger partial charge in [0.15, 0.2) is 5.13 Å². The Morgan fingerprint density at radius 1 is 1.08 bits per heavy atom. The third-order valence-corrected chi connectivity index (χ3v) is 7.63. The monoisotopic (exact) mass is 520 g/mol. The standard InChI is InChI=1S/C26H20N2O6S2/c1-2-11-34-16-8-5-14(6-9-16)22(29)20-21(18-4-3-12-35-18)28(24(31)23(20)30)26-27-17-10-7-15(25(32)33)13-19(17)36-26/h3-10,12-13,21,29H,2,11H2,1H3,(H,32,33)/b22-20+. The summed E-state index contributed by atoms with van der Waals surface area (Å²) >= 11 is 2.47. The molecular weight excluding hydrogens is 500 g/mol. The number of carbonyl (C=O) groups excluding carboxylic acids is 2. The largest absolute Gasteiger partial charge is 0.507 e. The second kappa shape index (κ2) is 9.56. The first-order valence-corrected chi connectivity index (χ1v) is 12.8. The predicted octanol–water partition coefficient (Wildman–Crippen LogP) is 5.47. The molecule has 1 unspecified atom stereocenters. The summed E-state index contributed by atoms with van der Waals surface area (Å²) in [6.45, 7) is 2.56. The Bertz CT molecular complexity index is 1510. The molecule has 5 rings (SSSR count). The first-order valence-electron chi connectivity index (χ1n) is 11.1. The van der Waals surface area contributed by atoms with Crippen LogP contribution in [0.3, 0.4) is 0 Å². The molecule has 1 saturated heterocycles. The molecule has 0 bridgehead atoms. The second-order valence-corrected chi connectivity index (χ2v) is 10.0. The highest BCUT2D eigenvalue weighted by Crippen LogP contribution is 2.45. The molecule has 182 valence electrons. The number of Topliss-reactive ketones (excluding diaryl/α,β-unsaturated/α-hetero) is 1. The van der Waals surface area contributed by atoms with E-state index >= 15 is 0 Å². The molecule has 2 aromatic carbocycles. The van der Waals surface area contributed by atoms with Crippen LogP contribution in [0.2, 0.25) is 0 Å². The quantitative estimate of drug-likeness (QED) is 0.188. The van der Waals surface area contributed by atoms with Gasteiger partial charge in [-0.1, -0.05) is 24.3 Å². The van der Waals surface area contributed by atoms with E-state index in [4.69, 9.17) is 4.74 Å². The number of carbonyl (C=O) groups is 3. The highest BCUT2D eigenvalue weighted by Gasteiger charge is 2.48. The molecule has 10 heteroatoms. The van der Waals surface area contributed by atoms with E-state index in [1.165, 1.54) is 28.4 Å². The summed E-state index contributed by atoms with van der Waals surface area (Å²) in [5.74, 6) is -2.35. The average molecular weight is 521 g/mol. The van der Waals surface area contributed by atoms with Crippen molar-refractivity contribution < 1.29 is 29.3 Å². The summed E-state index contributed by atoms with van der Waals surface area (Å²) < 4.78 is 6.16. The number of aromatic nitrogens is 1. The first kappa shape index (κ1) is 23.7. The van der Waals surface area contributed by atoms with Crippen molar-refractivity contribution in [1.29, 1.82) is 0 Å². The lowest BCUT2D eigenvalue weighted by Crippen LogP contribution is -2.28. The van der Waals surface area contributed by atoms with Crippen LogP contribution in [-0.2, 0) is 9.59 Å². The fraction of sp³-hybridized carbons (Fsp3) is 0.154. The molecule has 3 heterocycles. The van der Waals surface area contributed by atoms with Crippen LogP contribution >= 0.6 is 22.7 Å². The smallest absolute Gasteiger partial charge is 0.335 e. The molecule has 4 aromatic rings. The lowest BCUT2D eigenvalue weighted by molar-refractivity contribution is -0.132. The van der Waals surface area contributed by atoms with Gasteiger partial charge in [0.05, 0.1) is 28.0 Å². The van der Waals surface area contributed by atoms with Crippen LogP contribution in [0, 0.1) is 0 Å². The SMILES string of the molecule is CCCOc1ccc(/C(O)=C2\C(=O)C(=O)N(c3nc4ccc(C(=O)O)cc4s3)C2c2cccs2)cc1. The third kappa shape index (κ3) is 4.14. The lowest BCUT2D eigenvalue weighted by Gasteiger charge is -2.21. The highest BCUT2D eigenvalue weighted by molar-refractivity contribution is 7.22. The number of fused-ring (bicyclic) bond motifs is 1. The van der Waals surface area contributed by atoms with Crippen molar-refractivity contribution in [1.82, 2.24) is 4.98 Å². The van der Waals surface area contributed by atoms with Gasteiger partial charge in [0, 0.05) is 10.4 Å². The normalized spacial score (nSPS) is 17.1. The van der Waals surface area contributed by atoms with Crippen LogP contribution in [0.4, 0.5) is 5.13 Å². The summed E-state index contributed by atoms with van der Waals surface area (Å²) in [5, 5.41) is 22.6. The highest BCUT2D eigenvalue weighted by atomic mass is 32.1. The number of carboxylic acid groups (broad SMARTS) is 1. The Kier molecular flexibility index (Phi) is 6.29. The molecule has 1 amide bonds. The van der Waals surface area contributed by atoms with Crippen LogP contribution in [0.15, 0.2) is 65.6 Å². The Hall–Kier alpha value is -4.02. The molecule has 0 saturated carbocycles. The number of aliphatic hydroxyl groups is 1. The molecule has 1 aliphatic heterocycles. The molecule has 36 heavy (non-hydrogen) atoms. The summed E-state index contributed by atoms with van der Waals surface area (Å²) in [4.78, 5) is 44.4. The van der Waals surface area contributed by atoms with Crippen LogP contribution in [-0.4, -0.2) is 39.5 Å². The van der Waals surface area contributed by atoms with Gasteiger partial charge in [0.1, 0.15) is 17.6 Å². The number of carboxylic acids is 1. The van der Waals surface area contributed by atoms with E-state index in [0.29, 0.717) is 33.0 Å². The molecule has 0 spiro atoms.